The third-order valence-electron chi connectivity index (χ3n) is 8.84. The number of amides is 3. The molecule has 1 aliphatic rings. The SMILES string of the molecule is CC[C@H](C)[C@@H](COC(=O)N[C@@H](Cc1ccccc1)C(=O)OC)NC(=O)OC[C@H](CCSC)NC(=O)OCC1c2ccccc2-c2ccccc21. The molecule has 3 aromatic rings. The molecule has 0 heterocycles. The maximum absolute atomic E-state index is 13.0. The summed E-state index contributed by atoms with van der Waals surface area (Å²) in [5.41, 5.74) is 5.37. The van der Waals surface area contributed by atoms with Gasteiger partial charge in [0.15, 0.2) is 0 Å². The van der Waals surface area contributed by atoms with Gasteiger partial charge in [0.1, 0.15) is 25.9 Å². The van der Waals surface area contributed by atoms with Gasteiger partial charge in [-0.3, -0.25) is 0 Å². The molecule has 0 aromatic heterocycles. The summed E-state index contributed by atoms with van der Waals surface area (Å²) in [5.74, 6) is -0.0120. The van der Waals surface area contributed by atoms with Crippen LogP contribution in [0.3, 0.4) is 0 Å². The minimum atomic E-state index is -0.947. The Hall–Kier alpha value is -4.71. The van der Waals surface area contributed by atoms with Crippen molar-refractivity contribution < 1.29 is 38.1 Å². The van der Waals surface area contributed by atoms with E-state index in [4.69, 9.17) is 18.9 Å². The molecule has 0 unspecified atom stereocenters. The number of methoxy groups -OCH3 is 1. The van der Waals surface area contributed by atoms with E-state index in [-0.39, 0.29) is 38.1 Å². The first-order valence-electron chi connectivity index (χ1n) is 16.8. The Kier molecular flexibility index (Phi) is 14.8. The highest BCUT2D eigenvalue weighted by Gasteiger charge is 2.30. The predicted molar refractivity (Wildman–Crippen MR) is 193 cm³/mol. The van der Waals surface area contributed by atoms with Gasteiger partial charge >= 0.3 is 24.2 Å². The minimum Gasteiger partial charge on any atom is -0.467 e. The minimum absolute atomic E-state index is 0.0673. The number of esters is 1. The largest absolute Gasteiger partial charge is 0.467 e. The van der Waals surface area contributed by atoms with Crippen LogP contribution >= 0.6 is 11.8 Å². The van der Waals surface area contributed by atoms with Crippen molar-refractivity contribution in [2.24, 2.45) is 5.92 Å². The maximum Gasteiger partial charge on any atom is 0.407 e. The van der Waals surface area contributed by atoms with Crippen molar-refractivity contribution in [3.05, 3.63) is 95.6 Å². The molecule has 0 radical (unpaired) electrons. The molecular weight excluding hydrogens is 658 g/mol. The lowest BCUT2D eigenvalue weighted by atomic mass is 9.98. The van der Waals surface area contributed by atoms with Crippen molar-refractivity contribution in [1.29, 1.82) is 0 Å². The molecule has 268 valence electrons. The normalized spacial score (nSPS) is 14.2. The van der Waals surface area contributed by atoms with Crippen molar-refractivity contribution in [2.45, 2.75) is 57.2 Å². The summed E-state index contributed by atoms with van der Waals surface area (Å²) in [6.07, 6.45) is 1.32. The fourth-order valence-corrected chi connectivity index (χ4v) is 6.32. The van der Waals surface area contributed by atoms with Crippen molar-refractivity contribution in [3.63, 3.8) is 0 Å². The van der Waals surface area contributed by atoms with Crippen LogP contribution in [0.5, 0.6) is 0 Å². The molecule has 50 heavy (non-hydrogen) atoms. The summed E-state index contributed by atoms with van der Waals surface area (Å²) in [4.78, 5) is 50.9. The van der Waals surface area contributed by atoms with Crippen molar-refractivity contribution in [1.82, 2.24) is 16.0 Å². The highest BCUT2D eigenvalue weighted by molar-refractivity contribution is 7.98. The summed E-state index contributed by atoms with van der Waals surface area (Å²) in [7, 11) is 1.25. The van der Waals surface area contributed by atoms with Crippen LogP contribution in [0.1, 0.15) is 49.3 Å². The van der Waals surface area contributed by atoms with E-state index in [9.17, 15) is 19.2 Å². The van der Waals surface area contributed by atoms with Gasteiger partial charge in [0.25, 0.3) is 0 Å². The fraction of sp³-hybridized carbons (Fsp3) is 0.421. The lowest BCUT2D eigenvalue weighted by Crippen LogP contribution is -2.47. The number of rotatable bonds is 17. The molecule has 0 saturated heterocycles. The summed E-state index contributed by atoms with van der Waals surface area (Å²) in [5, 5.41) is 8.21. The second-order valence-corrected chi connectivity index (χ2v) is 13.2. The van der Waals surface area contributed by atoms with Gasteiger partial charge in [0, 0.05) is 12.3 Å². The van der Waals surface area contributed by atoms with Crippen LogP contribution in [-0.2, 0) is 30.2 Å². The van der Waals surface area contributed by atoms with E-state index in [1.807, 2.05) is 74.7 Å². The van der Waals surface area contributed by atoms with Gasteiger partial charge in [-0.1, -0.05) is 99.1 Å². The van der Waals surface area contributed by atoms with E-state index in [1.165, 1.54) is 7.11 Å². The van der Waals surface area contributed by atoms with Crippen LogP contribution in [0.2, 0.25) is 0 Å². The molecular formula is C38H47N3O8S. The molecule has 0 saturated carbocycles. The lowest BCUT2D eigenvalue weighted by Gasteiger charge is -2.25. The Labute approximate surface area is 298 Å². The van der Waals surface area contributed by atoms with Gasteiger partial charge in [-0.25, -0.2) is 19.2 Å². The fourth-order valence-electron chi connectivity index (χ4n) is 5.80. The number of alkyl carbamates (subject to hydrolysis) is 3. The quantitative estimate of drug-likeness (QED) is 0.109. The Balaban J connectivity index is 1.27. The van der Waals surface area contributed by atoms with Gasteiger partial charge in [-0.15, -0.1) is 0 Å². The van der Waals surface area contributed by atoms with Crippen LogP contribution in [-0.4, -0.2) is 81.3 Å². The van der Waals surface area contributed by atoms with E-state index in [2.05, 4.69) is 40.2 Å². The maximum atomic E-state index is 13.0. The average Bonchev–Trinajstić information content (AvgIpc) is 3.46. The molecule has 3 amide bonds. The molecule has 0 spiro atoms. The van der Waals surface area contributed by atoms with Gasteiger partial charge in [-0.2, -0.15) is 11.8 Å². The van der Waals surface area contributed by atoms with E-state index >= 15 is 0 Å². The van der Waals surface area contributed by atoms with Crippen molar-refractivity contribution in [3.8, 4) is 11.1 Å². The van der Waals surface area contributed by atoms with E-state index in [1.54, 1.807) is 11.8 Å². The van der Waals surface area contributed by atoms with Gasteiger partial charge < -0.3 is 34.9 Å². The standard InChI is InChI=1S/C38H47N3O8S/c1-5-25(2)34(24-49-37(44)40-33(35(42)46-3)21-26-13-7-6-8-14-26)41-38(45)47-22-27(19-20-50-4)39-36(43)48-23-32-30-17-11-9-15-28(30)29-16-10-12-18-31(29)32/h6-18,25,27,32-34H,5,19-24H2,1-4H3,(H,39,43)(H,40,44)(H,41,45)/t25-,27-,33-,34+/m0/s1. The Bertz CT molecular complexity index is 1530. The number of carbonyl (C=O) groups is 4. The van der Waals surface area contributed by atoms with E-state index in [0.717, 1.165) is 33.6 Å². The van der Waals surface area contributed by atoms with Crippen LogP contribution in [0.15, 0.2) is 78.9 Å². The van der Waals surface area contributed by atoms with E-state index in [0.29, 0.717) is 12.8 Å². The zero-order valence-corrected chi connectivity index (χ0v) is 29.8. The summed E-state index contributed by atoms with van der Waals surface area (Å²) in [6.45, 7) is 3.81. The highest BCUT2D eigenvalue weighted by Crippen LogP contribution is 2.44. The molecule has 0 fully saturated rings. The number of fused-ring (bicyclic) bond motifs is 3. The smallest absolute Gasteiger partial charge is 0.407 e. The zero-order valence-electron chi connectivity index (χ0n) is 29.0. The van der Waals surface area contributed by atoms with Gasteiger partial charge in [0.05, 0.1) is 19.2 Å². The Morgan fingerprint density at radius 3 is 1.96 bits per heavy atom. The Morgan fingerprint density at radius 1 is 0.760 bits per heavy atom. The average molecular weight is 706 g/mol. The number of ether oxygens (including phenoxy) is 4. The number of benzene rings is 3. The molecule has 3 aromatic carbocycles. The number of hydrogen-bond acceptors (Lipinski definition) is 9. The van der Waals surface area contributed by atoms with Gasteiger partial charge in [-0.05, 0) is 52.2 Å². The first-order valence-corrected chi connectivity index (χ1v) is 18.2. The predicted octanol–water partition coefficient (Wildman–Crippen LogP) is 6.30. The first kappa shape index (κ1) is 38.1. The van der Waals surface area contributed by atoms with Crippen LogP contribution in [0.4, 0.5) is 14.4 Å². The highest BCUT2D eigenvalue weighted by atomic mass is 32.2. The summed E-state index contributed by atoms with van der Waals surface area (Å²) >= 11 is 1.61. The molecule has 4 rings (SSSR count). The first-order chi connectivity index (χ1) is 24.2. The molecule has 0 bridgehead atoms. The van der Waals surface area contributed by atoms with Crippen LogP contribution in [0.25, 0.3) is 11.1 Å². The second-order valence-electron chi connectivity index (χ2n) is 12.2. The Morgan fingerprint density at radius 2 is 1.34 bits per heavy atom. The van der Waals surface area contributed by atoms with Gasteiger partial charge in [0.2, 0.25) is 0 Å². The molecule has 1 aliphatic carbocycles. The van der Waals surface area contributed by atoms with Crippen molar-refractivity contribution >= 4 is 36.0 Å². The molecule has 3 N–H and O–H groups in total. The van der Waals surface area contributed by atoms with E-state index < -0.39 is 42.4 Å². The van der Waals surface area contributed by atoms with Crippen LogP contribution in [0, 0.1) is 5.92 Å². The third-order valence-corrected chi connectivity index (χ3v) is 9.48. The molecule has 12 heteroatoms. The number of thioether (sulfide) groups is 1. The molecule has 0 aliphatic heterocycles. The number of hydrogen-bond donors (Lipinski definition) is 3. The summed E-state index contributed by atoms with van der Waals surface area (Å²) < 4.78 is 21.5. The lowest BCUT2D eigenvalue weighted by molar-refractivity contribution is -0.143. The molecule has 11 nitrogen and oxygen atoms in total. The molecule has 4 atom stereocenters. The number of nitrogens with one attached hydrogen (secondary N) is 3. The second kappa shape index (κ2) is 19.5. The summed E-state index contributed by atoms with van der Waals surface area (Å²) in [6, 6.07) is 23.5. The number of carbonyl (C=O) groups excluding carboxylic acids is 4. The monoisotopic (exact) mass is 705 g/mol. The topological polar surface area (TPSA) is 141 Å². The third kappa shape index (κ3) is 10.9. The van der Waals surface area contributed by atoms with Crippen molar-refractivity contribution in [2.75, 3.05) is 38.9 Å². The van der Waals surface area contributed by atoms with Crippen LogP contribution < -0.4 is 16.0 Å². The zero-order chi connectivity index (χ0) is 35.9.